The zero-order valence-corrected chi connectivity index (χ0v) is 17.4. The highest BCUT2D eigenvalue weighted by molar-refractivity contribution is 5.93. The third-order valence-corrected chi connectivity index (χ3v) is 5.03. The van der Waals surface area contributed by atoms with Crippen LogP contribution in [0.1, 0.15) is 38.5 Å². The van der Waals surface area contributed by atoms with Gasteiger partial charge in [-0.2, -0.15) is 9.78 Å². The topological polar surface area (TPSA) is 210 Å². The van der Waals surface area contributed by atoms with Crippen molar-refractivity contribution >= 4 is 23.9 Å². The van der Waals surface area contributed by atoms with Crippen molar-refractivity contribution in [2.75, 3.05) is 26.4 Å². The first-order valence-corrected chi connectivity index (χ1v) is 10.2. The van der Waals surface area contributed by atoms with E-state index in [0.29, 0.717) is 19.4 Å². The number of carboxylic acid groups (broad SMARTS) is 4. The van der Waals surface area contributed by atoms with Gasteiger partial charge in [-0.15, -0.1) is 0 Å². The van der Waals surface area contributed by atoms with Crippen LogP contribution in [-0.2, 0) is 39.0 Å². The Labute approximate surface area is 183 Å². The molecule has 1 aliphatic heterocycles. The van der Waals surface area contributed by atoms with Crippen LogP contribution in [0, 0.1) is 17.8 Å². The van der Waals surface area contributed by atoms with Crippen LogP contribution < -0.4 is 10.6 Å². The van der Waals surface area contributed by atoms with Crippen LogP contribution >= 0.6 is 0 Å². The fourth-order valence-electron chi connectivity index (χ4n) is 3.39. The lowest BCUT2D eigenvalue weighted by molar-refractivity contribution is -0.643. The molecule has 184 valence electrons. The Morgan fingerprint density at radius 2 is 1.31 bits per heavy atom. The van der Waals surface area contributed by atoms with Gasteiger partial charge in [0.05, 0.1) is 0 Å². The molecule has 0 saturated carbocycles. The predicted octanol–water partition coefficient (Wildman–Crippen LogP) is -0.156. The molecule has 14 nitrogen and oxygen atoms in total. The summed E-state index contributed by atoms with van der Waals surface area (Å²) in [5.41, 5.74) is 0. The number of aliphatic carboxylic acids is 4. The maximum absolute atomic E-state index is 11.4. The molecule has 1 aliphatic rings. The smallest absolute Gasteiger partial charge is 0.320 e. The third-order valence-electron chi connectivity index (χ3n) is 5.03. The maximum atomic E-state index is 11.4. The SMILES string of the molecule is O=C(O)C(C(=O)O)C1CCCCCNCOOOOC(C(C(=O)O)C(=O)O)CCNCC1. The molecule has 0 aliphatic carbocycles. The first kappa shape index (κ1) is 27.7. The van der Waals surface area contributed by atoms with E-state index in [1.54, 1.807) is 0 Å². The highest BCUT2D eigenvalue weighted by atomic mass is 17.7. The lowest BCUT2D eigenvalue weighted by atomic mass is 9.85. The third kappa shape index (κ3) is 10.3. The van der Waals surface area contributed by atoms with E-state index in [1.807, 2.05) is 0 Å². The largest absolute Gasteiger partial charge is 0.481 e. The van der Waals surface area contributed by atoms with Gasteiger partial charge < -0.3 is 25.7 Å². The lowest BCUT2D eigenvalue weighted by Crippen LogP contribution is -2.39. The molecule has 2 atom stereocenters. The highest BCUT2D eigenvalue weighted by Crippen LogP contribution is 2.24. The quantitative estimate of drug-likeness (QED) is 0.222. The molecule has 0 bridgehead atoms. The average Bonchev–Trinajstić information content (AvgIpc) is 2.69. The van der Waals surface area contributed by atoms with Crippen LogP contribution in [0.25, 0.3) is 0 Å². The highest BCUT2D eigenvalue weighted by Gasteiger charge is 2.37. The Morgan fingerprint density at radius 1 is 0.688 bits per heavy atom. The van der Waals surface area contributed by atoms with Gasteiger partial charge in [-0.05, 0) is 61.3 Å². The predicted molar refractivity (Wildman–Crippen MR) is 103 cm³/mol. The van der Waals surface area contributed by atoms with Gasteiger partial charge in [0.2, 0.25) is 0 Å². The van der Waals surface area contributed by atoms with Gasteiger partial charge in [0.15, 0.2) is 11.8 Å². The molecule has 0 radical (unpaired) electrons. The monoisotopic (exact) mass is 466 g/mol. The first-order valence-electron chi connectivity index (χ1n) is 10.2. The van der Waals surface area contributed by atoms with E-state index in [1.165, 1.54) is 0 Å². The van der Waals surface area contributed by atoms with Crippen LogP contribution in [0.2, 0.25) is 0 Å². The summed E-state index contributed by atoms with van der Waals surface area (Å²) in [6.07, 6.45) is 1.21. The first-order chi connectivity index (χ1) is 15.3. The van der Waals surface area contributed by atoms with Crippen molar-refractivity contribution in [3.05, 3.63) is 0 Å². The van der Waals surface area contributed by atoms with Crippen molar-refractivity contribution in [1.29, 1.82) is 0 Å². The minimum Gasteiger partial charge on any atom is -0.481 e. The van der Waals surface area contributed by atoms with Crippen molar-refractivity contribution in [3.8, 4) is 0 Å². The molecule has 1 saturated heterocycles. The van der Waals surface area contributed by atoms with Gasteiger partial charge in [0.1, 0.15) is 12.8 Å². The summed E-state index contributed by atoms with van der Waals surface area (Å²) >= 11 is 0. The minimum atomic E-state index is -1.94. The number of hydrogen-bond donors (Lipinski definition) is 6. The molecule has 2 unspecified atom stereocenters. The molecule has 6 N–H and O–H groups in total. The van der Waals surface area contributed by atoms with Crippen molar-refractivity contribution in [1.82, 2.24) is 10.6 Å². The Hall–Kier alpha value is -2.36. The van der Waals surface area contributed by atoms with E-state index in [2.05, 4.69) is 25.6 Å². The molecular formula is C18H30N2O12. The number of hydrogen-bond acceptors (Lipinski definition) is 10. The number of carbonyl (C=O) groups is 4. The second kappa shape index (κ2) is 15.4. The second-order valence-corrected chi connectivity index (χ2v) is 7.28. The second-order valence-electron chi connectivity index (χ2n) is 7.28. The van der Waals surface area contributed by atoms with Crippen LogP contribution in [-0.4, -0.2) is 76.8 Å². The molecule has 1 rings (SSSR count). The zero-order chi connectivity index (χ0) is 23.9. The van der Waals surface area contributed by atoms with Gasteiger partial charge >= 0.3 is 23.9 Å². The zero-order valence-electron chi connectivity index (χ0n) is 17.4. The average molecular weight is 466 g/mol. The minimum absolute atomic E-state index is 0.0883. The summed E-state index contributed by atoms with van der Waals surface area (Å²) in [5, 5.41) is 51.4. The molecular weight excluding hydrogens is 436 g/mol. The molecule has 0 aromatic rings. The Balaban J connectivity index is 2.81. The van der Waals surface area contributed by atoms with E-state index in [0.717, 1.165) is 12.8 Å². The normalized spacial score (nSPS) is 23.2. The summed E-state index contributed by atoms with van der Waals surface area (Å²) in [4.78, 5) is 54.8. The summed E-state index contributed by atoms with van der Waals surface area (Å²) in [6, 6.07) is 0. The fourth-order valence-corrected chi connectivity index (χ4v) is 3.39. The summed E-state index contributed by atoms with van der Waals surface area (Å²) < 4.78 is 0. The van der Waals surface area contributed by atoms with Crippen LogP contribution in [0.15, 0.2) is 0 Å². The molecule has 0 spiro atoms. The van der Waals surface area contributed by atoms with Gasteiger partial charge in [-0.3, -0.25) is 24.5 Å². The molecule has 32 heavy (non-hydrogen) atoms. The van der Waals surface area contributed by atoms with Crippen molar-refractivity contribution < 1.29 is 59.5 Å². The fraction of sp³-hybridized carbons (Fsp3) is 0.778. The standard InChI is InChI=1S/C18H30N2O12/c21-15(22)13(16(23)24)11-4-2-1-3-7-20-10-29-31-32-30-12(6-9-19-8-5-11)14(17(25)26)18(27)28/h11-14,19-20H,1-10H2,(H,21,22)(H,23,24)(H,25,26)(H,27,28). The summed E-state index contributed by atoms with van der Waals surface area (Å²) in [7, 11) is 0. The van der Waals surface area contributed by atoms with Crippen molar-refractivity contribution in [3.63, 3.8) is 0 Å². The molecule has 14 heteroatoms. The van der Waals surface area contributed by atoms with Gasteiger partial charge in [0, 0.05) is 0 Å². The van der Waals surface area contributed by atoms with Gasteiger partial charge in [-0.1, -0.05) is 12.8 Å². The summed E-state index contributed by atoms with van der Waals surface area (Å²) in [6.45, 7) is 0.756. The van der Waals surface area contributed by atoms with E-state index in [4.69, 9.17) is 15.1 Å². The molecule has 1 fully saturated rings. The maximum Gasteiger partial charge on any atom is 0.320 e. The van der Waals surface area contributed by atoms with Gasteiger partial charge in [0.25, 0.3) is 0 Å². The number of carboxylic acids is 4. The van der Waals surface area contributed by atoms with Crippen LogP contribution in [0.4, 0.5) is 0 Å². The van der Waals surface area contributed by atoms with Crippen molar-refractivity contribution in [2.24, 2.45) is 17.8 Å². The van der Waals surface area contributed by atoms with E-state index in [-0.39, 0.29) is 32.7 Å². The molecule has 0 aromatic heterocycles. The lowest BCUT2D eigenvalue weighted by Gasteiger charge is -2.22. The molecule has 0 amide bonds. The summed E-state index contributed by atoms with van der Waals surface area (Å²) in [5.74, 6) is -10.2. The molecule has 0 aromatic carbocycles. The Bertz CT molecular complexity index is 539. The number of nitrogens with one attached hydrogen (secondary N) is 2. The number of rotatable bonds is 6. The van der Waals surface area contributed by atoms with E-state index < -0.39 is 47.7 Å². The van der Waals surface area contributed by atoms with Gasteiger partial charge in [-0.25, -0.2) is 0 Å². The Kier molecular flexibility index (Phi) is 13.4. The van der Waals surface area contributed by atoms with E-state index in [9.17, 15) is 29.4 Å². The Morgan fingerprint density at radius 3 is 1.94 bits per heavy atom. The van der Waals surface area contributed by atoms with Crippen LogP contribution in [0.5, 0.6) is 0 Å². The van der Waals surface area contributed by atoms with Crippen LogP contribution in [0.3, 0.4) is 0 Å². The van der Waals surface area contributed by atoms with Crippen molar-refractivity contribution in [2.45, 2.75) is 44.6 Å². The molecule has 1 heterocycles. The van der Waals surface area contributed by atoms with E-state index >= 15 is 0 Å².